The molecular formula is C12H24O4. The highest BCUT2D eigenvalue weighted by Crippen LogP contribution is 2.19. The van der Waals surface area contributed by atoms with Gasteiger partial charge in [-0.3, -0.25) is 0 Å². The van der Waals surface area contributed by atoms with E-state index in [1.165, 1.54) is 32.1 Å². The van der Waals surface area contributed by atoms with Gasteiger partial charge in [0.15, 0.2) is 0 Å². The van der Waals surface area contributed by atoms with E-state index in [0.29, 0.717) is 39.1 Å². The van der Waals surface area contributed by atoms with Crippen molar-refractivity contribution in [3.63, 3.8) is 0 Å². The lowest BCUT2D eigenvalue weighted by molar-refractivity contribution is -0.0240. The summed E-state index contributed by atoms with van der Waals surface area (Å²) in [4.78, 5) is 0. The molecule has 1 saturated carbocycles. The zero-order valence-electron chi connectivity index (χ0n) is 10.0. The predicted molar refractivity (Wildman–Crippen MR) is 61.5 cm³/mol. The molecule has 1 aliphatic carbocycles. The molecule has 0 aromatic carbocycles. The summed E-state index contributed by atoms with van der Waals surface area (Å²) in [7, 11) is 0. The van der Waals surface area contributed by atoms with Gasteiger partial charge in [-0.1, -0.05) is 19.3 Å². The first-order chi connectivity index (χ1) is 7.93. The van der Waals surface area contributed by atoms with Crippen molar-refractivity contribution >= 4 is 0 Å². The van der Waals surface area contributed by atoms with Crippen LogP contribution >= 0.6 is 0 Å². The monoisotopic (exact) mass is 232 g/mol. The van der Waals surface area contributed by atoms with Crippen molar-refractivity contribution in [2.75, 3.05) is 39.6 Å². The molecule has 4 heteroatoms. The van der Waals surface area contributed by atoms with Crippen LogP contribution in [0.15, 0.2) is 0 Å². The average molecular weight is 232 g/mol. The molecule has 0 bridgehead atoms. The Morgan fingerprint density at radius 2 is 1.44 bits per heavy atom. The van der Waals surface area contributed by atoms with Gasteiger partial charge in [0.25, 0.3) is 0 Å². The third-order valence-corrected chi connectivity index (χ3v) is 2.74. The first kappa shape index (κ1) is 13.9. The Labute approximate surface area is 97.9 Å². The van der Waals surface area contributed by atoms with Crippen LogP contribution in [0.2, 0.25) is 0 Å². The highest BCUT2D eigenvalue weighted by atomic mass is 16.5. The molecule has 0 unspecified atom stereocenters. The lowest BCUT2D eigenvalue weighted by atomic mass is 9.98. The molecule has 0 aliphatic heterocycles. The summed E-state index contributed by atoms with van der Waals surface area (Å²) in [6, 6.07) is 0. The minimum absolute atomic E-state index is 0.0742. The quantitative estimate of drug-likeness (QED) is 0.610. The Morgan fingerprint density at radius 3 is 2.12 bits per heavy atom. The summed E-state index contributed by atoms with van der Waals surface area (Å²) < 4.78 is 16.1. The number of rotatable bonds is 9. The van der Waals surface area contributed by atoms with E-state index in [9.17, 15) is 0 Å². The maximum absolute atomic E-state index is 8.47. The topological polar surface area (TPSA) is 47.9 Å². The molecular weight excluding hydrogens is 208 g/mol. The number of aliphatic hydroxyl groups excluding tert-OH is 1. The van der Waals surface area contributed by atoms with Gasteiger partial charge in [0.05, 0.1) is 45.7 Å². The van der Waals surface area contributed by atoms with E-state index < -0.39 is 0 Å². The Balaban J connectivity index is 1.77. The number of ether oxygens (including phenoxy) is 3. The zero-order chi connectivity index (χ0) is 11.5. The van der Waals surface area contributed by atoms with Gasteiger partial charge in [-0.05, 0) is 12.8 Å². The molecule has 0 heterocycles. The summed E-state index contributed by atoms with van der Waals surface area (Å²) in [6.07, 6.45) is 6.85. The standard InChI is InChI=1S/C12H24O4/c13-6-7-14-8-9-15-10-11-16-12-4-2-1-3-5-12/h12-13H,1-11H2. The molecule has 1 aliphatic rings. The maximum atomic E-state index is 8.47. The highest BCUT2D eigenvalue weighted by molar-refractivity contribution is 4.64. The first-order valence-corrected chi connectivity index (χ1v) is 6.31. The minimum Gasteiger partial charge on any atom is -0.394 e. The third kappa shape index (κ3) is 7.17. The normalized spacial score (nSPS) is 17.8. The second-order valence-corrected chi connectivity index (χ2v) is 4.08. The van der Waals surface area contributed by atoms with Crippen LogP contribution < -0.4 is 0 Å². The number of hydrogen-bond acceptors (Lipinski definition) is 4. The van der Waals surface area contributed by atoms with E-state index in [0.717, 1.165) is 0 Å². The molecule has 96 valence electrons. The van der Waals surface area contributed by atoms with E-state index in [1.807, 2.05) is 0 Å². The predicted octanol–water partition coefficient (Wildman–Crippen LogP) is 1.36. The van der Waals surface area contributed by atoms with E-state index in [-0.39, 0.29) is 6.61 Å². The minimum atomic E-state index is 0.0742. The van der Waals surface area contributed by atoms with Gasteiger partial charge in [-0.25, -0.2) is 0 Å². The van der Waals surface area contributed by atoms with Crippen LogP contribution in [0.1, 0.15) is 32.1 Å². The molecule has 1 rings (SSSR count). The highest BCUT2D eigenvalue weighted by Gasteiger charge is 2.12. The molecule has 0 atom stereocenters. The van der Waals surface area contributed by atoms with Gasteiger partial charge in [0, 0.05) is 0 Å². The maximum Gasteiger partial charge on any atom is 0.0704 e. The van der Waals surface area contributed by atoms with Gasteiger partial charge in [-0.15, -0.1) is 0 Å². The molecule has 0 aromatic rings. The van der Waals surface area contributed by atoms with E-state index in [2.05, 4.69) is 0 Å². The van der Waals surface area contributed by atoms with Gasteiger partial charge < -0.3 is 19.3 Å². The fourth-order valence-corrected chi connectivity index (χ4v) is 1.89. The van der Waals surface area contributed by atoms with E-state index in [4.69, 9.17) is 19.3 Å². The molecule has 0 radical (unpaired) electrons. The molecule has 1 fully saturated rings. The zero-order valence-corrected chi connectivity index (χ0v) is 10.0. The lowest BCUT2D eigenvalue weighted by Crippen LogP contribution is -2.19. The van der Waals surface area contributed by atoms with Crippen molar-refractivity contribution in [2.45, 2.75) is 38.2 Å². The third-order valence-electron chi connectivity index (χ3n) is 2.74. The SMILES string of the molecule is OCCOCCOCCOC1CCCCC1. The fraction of sp³-hybridized carbons (Fsp3) is 1.00. The Morgan fingerprint density at radius 1 is 0.812 bits per heavy atom. The van der Waals surface area contributed by atoms with Gasteiger partial charge in [0.2, 0.25) is 0 Å². The fourth-order valence-electron chi connectivity index (χ4n) is 1.89. The molecule has 0 spiro atoms. The van der Waals surface area contributed by atoms with Crippen LogP contribution in [-0.2, 0) is 14.2 Å². The Bertz CT molecular complexity index is 146. The second kappa shape index (κ2) is 10.0. The summed E-state index contributed by atoms with van der Waals surface area (Å²) in [5, 5.41) is 8.47. The van der Waals surface area contributed by atoms with Crippen molar-refractivity contribution in [3.8, 4) is 0 Å². The van der Waals surface area contributed by atoms with Crippen LogP contribution in [0.3, 0.4) is 0 Å². The molecule has 16 heavy (non-hydrogen) atoms. The van der Waals surface area contributed by atoms with Crippen molar-refractivity contribution < 1.29 is 19.3 Å². The van der Waals surface area contributed by atoms with Crippen LogP contribution in [0.5, 0.6) is 0 Å². The van der Waals surface area contributed by atoms with Crippen LogP contribution in [0.25, 0.3) is 0 Å². The van der Waals surface area contributed by atoms with Gasteiger partial charge in [0.1, 0.15) is 0 Å². The van der Waals surface area contributed by atoms with Crippen molar-refractivity contribution in [2.24, 2.45) is 0 Å². The Kier molecular flexibility index (Phi) is 8.71. The van der Waals surface area contributed by atoms with Crippen LogP contribution in [0, 0.1) is 0 Å². The molecule has 0 amide bonds. The van der Waals surface area contributed by atoms with Gasteiger partial charge in [-0.2, -0.15) is 0 Å². The largest absolute Gasteiger partial charge is 0.394 e. The van der Waals surface area contributed by atoms with Crippen LogP contribution in [0.4, 0.5) is 0 Å². The van der Waals surface area contributed by atoms with Crippen LogP contribution in [-0.4, -0.2) is 50.9 Å². The smallest absolute Gasteiger partial charge is 0.0704 e. The summed E-state index contributed by atoms with van der Waals surface area (Å²) in [5.74, 6) is 0. The summed E-state index contributed by atoms with van der Waals surface area (Å²) >= 11 is 0. The average Bonchev–Trinajstić information content (AvgIpc) is 2.34. The van der Waals surface area contributed by atoms with Gasteiger partial charge >= 0.3 is 0 Å². The molecule has 1 N–H and O–H groups in total. The van der Waals surface area contributed by atoms with Crippen molar-refractivity contribution in [3.05, 3.63) is 0 Å². The Hall–Kier alpha value is -0.160. The first-order valence-electron chi connectivity index (χ1n) is 6.31. The number of aliphatic hydroxyl groups is 1. The lowest BCUT2D eigenvalue weighted by Gasteiger charge is -2.21. The summed E-state index contributed by atoms with van der Waals surface area (Å²) in [6.45, 7) is 2.91. The van der Waals surface area contributed by atoms with Crippen molar-refractivity contribution in [1.82, 2.24) is 0 Å². The second-order valence-electron chi connectivity index (χ2n) is 4.08. The van der Waals surface area contributed by atoms with E-state index in [1.54, 1.807) is 0 Å². The summed E-state index contributed by atoms with van der Waals surface area (Å²) in [5.41, 5.74) is 0. The molecule has 0 saturated heterocycles. The molecule has 0 aromatic heterocycles. The van der Waals surface area contributed by atoms with Crippen molar-refractivity contribution in [1.29, 1.82) is 0 Å². The number of hydrogen-bond donors (Lipinski definition) is 1. The molecule has 4 nitrogen and oxygen atoms in total. The van der Waals surface area contributed by atoms with E-state index >= 15 is 0 Å².